The van der Waals surface area contributed by atoms with Gasteiger partial charge in [-0.15, -0.1) is 0 Å². The highest BCUT2D eigenvalue weighted by Crippen LogP contribution is 2.40. The Kier molecular flexibility index (Phi) is 7.56. The lowest BCUT2D eigenvalue weighted by molar-refractivity contribution is -0.118. The van der Waals surface area contributed by atoms with Gasteiger partial charge < -0.3 is 15.3 Å². The van der Waals surface area contributed by atoms with Crippen LogP contribution < -0.4 is 5.73 Å². The van der Waals surface area contributed by atoms with Crippen molar-refractivity contribution in [1.82, 2.24) is 9.88 Å². The van der Waals surface area contributed by atoms with Gasteiger partial charge in [-0.3, -0.25) is 9.69 Å². The Morgan fingerprint density at radius 1 is 1.33 bits per heavy atom. The molecule has 0 saturated heterocycles. The second kappa shape index (κ2) is 9.67. The Morgan fingerprint density at radius 2 is 2.04 bits per heavy atom. The molecule has 2 aromatic rings. The molecule has 0 aliphatic rings. The SMILES string of the molecule is CCCC(CC)C(O)(c1ccccc1)c1ncc(CCN(C)CC(N)=O)o1. The first kappa shape index (κ1) is 21.1. The van der Waals surface area contributed by atoms with E-state index in [-0.39, 0.29) is 18.4 Å². The zero-order valence-electron chi connectivity index (χ0n) is 16.5. The molecule has 0 radical (unpaired) electrons. The van der Waals surface area contributed by atoms with Crippen LogP contribution in [0.4, 0.5) is 0 Å². The third-order valence-electron chi connectivity index (χ3n) is 4.98. The van der Waals surface area contributed by atoms with Gasteiger partial charge in [0, 0.05) is 18.9 Å². The van der Waals surface area contributed by atoms with Crippen LogP contribution >= 0.6 is 0 Å². The maximum absolute atomic E-state index is 11.7. The van der Waals surface area contributed by atoms with Gasteiger partial charge >= 0.3 is 0 Å². The number of benzene rings is 1. The molecule has 2 unspecified atom stereocenters. The summed E-state index contributed by atoms with van der Waals surface area (Å²) in [5.74, 6) is 0.664. The molecule has 3 N–H and O–H groups in total. The van der Waals surface area contributed by atoms with Crippen molar-refractivity contribution in [3.8, 4) is 0 Å². The van der Waals surface area contributed by atoms with E-state index in [1.807, 2.05) is 42.3 Å². The minimum atomic E-state index is -1.26. The number of aliphatic hydroxyl groups is 1. The molecule has 1 aromatic carbocycles. The van der Waals surface area contributed by atoms with Crippen LogP contribution in [-0.4, -0.2) is 41.0 Å². The molecule has 0 aliphatic carbocycles. The van der Waals surface area contributed by atoms with Crippen LogP contribution in [0.15, 0.2) is 40.9 Å². The van der Waals surface area contributed by atoms with E-state index < -0.39 is 5.60 Å². The van der Waals surface area contributed by atoms with Crippen molar-refractivity contribution < 1.29 is 14.3 Å². The molecule has 148 valence electrons. The second-order valence-corrected chi connectivity index (χ2v) is 7.11. The number of amides is 1. The van der Waals surface area contributed by atoms with Gasteiger partial charge in [0.15, 0.2) is 5.60 Å². The van der Waals surface area contributed by atoms with Gasteiger partial charge in [-0.25, -0.2) is 4.98 Å². The number of nitrogens with zero attached hydrogens (tertiary/aromatic N) is 2. The molecule has 0 aliphatic heterocycles. The highest BCUT2D eigenvalue weighted by atomic mass is 16.4. The van der Waals surface area contributed by atoms with E-state index in [4.69, 9.17) is 10.2 Å². The molecule has 6 heteroatoms. The monoisotopic (exact) mass is 373 g/mol. The third kappa shape index (κ3) is 5.17. The van der Waals surface area contributed by atoms with Crippen LogP contribution in [0.3, 0.4) is 0 Å². The normalized spacial score (nSPS) is 14.9. The first-order valence-electron chi connectivity index (χ1n) is 9.61. The standard InChI is InChI=1S/C21H31N3O3/c1-4-9-16(5-2)21(26,17-10-7-6-8-11-17)20-23-14-18(27-20)12-13-24(3)15-19(22)25/h6-8,10-11,14,16,26H,4-5,9,12-13,15H2,1-3H3,(H2,22,25). The molecule has 1 amide bonds. The van der Waals surface area contributed by atoms with Crippen molar-refractivity contribution in [2.45, 2.75) is 45.1 Å². The van der Waals surface area contributed by atoms with E-state index in [9.17, 15) is 9.90 Å². The highest BCUT2D eigenvalue weighted by molar-refractivity contribution is 5.75. The van der Waals surface area contributed by atoms with Gasteiger partial charge in [-0.2, -0.15) is 0 Å². The fraction of sp³-hybridized carbons (Fsp3) is 0.524. The molecule has 0 saturated carbocycles. The lowest BCUT2D eigenvalue weighted by Gasteiger charge is -2.33. The molecule has 0 spiro atoms. The zero-order valence-corrected chi connectivity index (χ0v) is 16.5. The number of aromatic nitrogens is 1. The lowest BCUT2D eigenvalue weighted by Crippen LogP contribution is -2.36. The van der Waals surface area contributed by atoms with E-state index in [0.29, 0.717) is 24.6 Å². The van der Waals surface area contributed by atoms with Crippen LogP contribution in [0.2, 0.25) is 0 Å². The van der Waals surface area contributed by atoms with Gasteiger partial charge in [0.25, 0.3) is 0 Å². The minimum Gasteiger partial charge on any atom is -0.442 e. The quantitative estimate of drug-likeness (QED) is 0.632. The van der Waals surface area contributed by atoms with Crippen molar-refractivity contribution in [1.29, 1.82) is 0 Å². The summed E-state index contributed by atoms with van der Waals surface area (Å²) < 4.78 is 5.98. The van der Waals surface area contributed by atoms with Crippen LogP contribution in [0.25, 0.3) is 0 Å². The lowest BCUT2D eigenvalue weighted by atomic mass is 9.77. The van der Waals surface area contributed by atoms with Gasteiger partial charge in [-0.05, 0) is 25.5 Å². The molecule has 2 atom stereocenters. The molecule has 1 heterocycles. The van der Waals surface area contributed by atoms with E-state index in [1.165, 1.54) is 0 Å². The average Bonchev–Trinajstić information content (AvgIpc) is 3.13. The van der Waals surface area contributed by atoms with Crippen molar-refractivity contribution in [3.05, 3.63) is 53.7 Å². The number of hydrogen-bond donors (Lipinski definition) is 2. The summed E-state index contributed by atoms with van der Waals surface area (Å²) in [6.07, 6.45) is 4.92. The molecule has 1 aromatic heterocycles. The van der Waals surface area contributed by atoms with Crippen molar-refractivity contribution in [2.24, 2.45) is 11.7 Å². The Bertz CT molecular complexity index is 716. The highest BCUT2D eigenvalue weighted by Gasteiger charge is 2.43. The molecular formula is C21H31N3O3. The largest absolute Gasteiger partial charge is 0.442 e. The zero-order chi connectivity index (χ0) is 19.9. The maximum atomic E-state index is 11.7. The summed E-state index contributed by atoms with van der Waals surface area (Å²) in [6.45, 7) is 5.01. The van der Waals surface area contributed by atoms with Gasteiger partial charge in [0.05, 0.1) is 12.7 Å². The number of nitrogens with two attached hydrogens (primary N) is 1. The first-order valence-corrected chi connectivity index (χ1v) is 9.61. The van der Waals surface area contributed by atoms with E-state index in [2.05, 4.69) is 18.8 Å². The minimum absolute atomic E-state index is 0.00827. The Labute approximate surface area is 161 Å². The Morgan fingerprint density at radius 3 is 2.63 bits per heavy atom. The summed E-state index contributed by atoms with van der Waals surface area (Å²) in [6, 6.07) is 9.61. The van der Waals surface area contributed by atoms with Gasteiger partial charge in [0.1, 0.15) is 5.76 Å². The molecule has 0 fully saturated rings. The summed E-state index contributed by atoms with van der Waals surface area (Å²) >= 11 is 0. The van der Waals surface area contributed by atoms with E-state index >= 15 is 0 Å². The first-order chi connectivity index (χ1) is 12.9. The number of oxazole rings is 1. The van der Waals surface area contributed by atoms with Crippen molar-refractivity contribution >= 4 is 5.91 Å². The Balaban J connectivity index is 2.27. The predicted octanol–water partition coefficient (Wildman–Crippen LogP) is 2.70. The molecule has 2 rings (SSSR count). The van der Waals surface area contributed by atoms with Crippen molar-refractivity contribution in [2.75, 3.05) is 20.1 Å². The average molecular weight is 373 g/mol. The summed E-state index contributed by atoms with van der Waals surface area (Å²) in [7, 11) is 1.83. The summed E-state index contributed by atoms with van der Waals surface area (Å²) in [5, 5.41) is 11.7. The van der Waals surface area contributed by atoms with Gasteiger partial charge in [0.2, 0.25) is 11.8 Å². The number of likely N-dealkylation sites (N-methyl/N-ethyl adjacent to an activating group) is 1. The van der Waals surface area contributed by atoms with Crippen molar-refractivity contribution in [3.63, 3.8) is 0 Å². The molecule has 6 nitrogen and oxygen atoms in total. The summed E-state index contributed by atoms with van der Waals surface area (Å²) in [4.78, 5) is 17.3. The fourth-order valence-electron chi connectivity index (χ4n) is 3.53. The Hall–Kier alpha value is -2.18. The second-order valence-electron chi connectivity index (χ2n) is 7.11. The number of carbonyl (C=O) groups excluding carboxylic acids is 1. The topological polar surface area (TPSA) is 92.6 Å². The molecule has 27 heavy (non-hydrogen) atoms. The maximum Gasteiger partial charge on any atom is 0.231 e. The van der Waals surface area contributed by atoms with Crippen LogP contribution in [0.1, 0.15) is 50.3 Å². The molecule has 0 bridgehead atoms. The predicted molar refractivity (Wildman–Crippen MR) is 105 cm³/mol. The summed E-state index contributed by atoms with van der Waals surface area (Å²) in [5.41, 5.74) is 4.75. The van der Waals surface area contributed by atoms with E-state index in [1.54, 1.807) is 6.20 Å². The number of primary amides is 1. The smallest absolute Gasteiger partial charge is 0.231 e. The van der Waals surface area contributed by atoms with Gasteiger partial charge in [-0.1, -0.05) is 50.6 Å². The number of hydrogen-bond acceptors (Lipinski definition) is 5. The molecular weight excluding hydrogens is 342 g/mol. The van der Waals surface area contributed by atoms with Crippen LogP contribution in [-0.2, 0) is 16.8 Å². The number of rotatable bonds is 11. The number of carbonyl (C=O) groups is 1. The van der Waals surface area contributed by atoms with Crippen LogP contribution in [0, 0.1) is 5.92 Å². The third-order valence-corrected chi connectivity index (χ3v) is 4.98. The van der Waals surface area contributed by atoms with E-state index in [0.717, 1.165) is 24.8 Å². The fourth-order valence-corrected chi connectivity index (χ4v) is 3.53. The van der Waals surface area contributed by atoms with Crippen LogP contribution in [0.5, 0.6) is 0 Å².